The SMILES string of the molecule is CCN(CC)C(=O)N1CCC(C(=O)Nc2ccccc2SC)CC1. The van der Waals surface area contributed by atoms with Crippen LogP contribution in [-0.2, 0) is 4.79 Å². The monoisotopic (exact) mass is 349 g/mol. The fraction of sp³-hybridized carbons (Fsp3) is 0.556. The molecule has 1 aromatic rings. The van der Waals surface area contributed by atoms with Crippen molar-refractivity contribution in [3.63, 3.8) is 0 Å². The Balaban J connectivity index is 1.90. The summed E-state index contributed by atoms with van der Waals surface area (Å²) in [5.74, 6) is 0.0344. The van der Waals surface area contributed by atoms with Gasteiger partial charge in [-0.2, -0.15) is 0 Å². The van der Waals surface area contributed by atoms with E-state index >= 15 is 0 Å². The van der Waals surface area contributed by atoms with Crippen molar-refractivity contribution >= 4 is 29.4 Å². The van der Waals surface area contributed by atoms with Gasteiger partial charge in [0.05, 0.1) is 5.69 Å². The third-order valence-corrected chi connectivity index (χ3v) is 5.33. The average Bonchev–Trinajstić information content (AvgIpc) is 2.63. The number of nitrogens with zero attached hydrogens (tertiary/aromatic N) is 2. The Morgan fingerprint density at radius 2 is 1.83 bits per heavy atom. The summed E-state index contributed by atoms with van der Waals surface area (Å²) in [6, 6.07) is 7.93. The molecule has 2 rings (SSSR count). The second-order valence-corrected chi connectivity index (χ2v) is 6.75. The lowest BCUT2D eigenvalue weighted by Crippen LogP contribution is -2.47. The molecule has 0 saturated carbocycles. The summed E-state index contributed by atoms with van der Waals surface area (Å²) in [7, 11) is 0. The summed E-state index contributed by atoms with van der Waals surface area (Å²) in [6.45, 7) is 6.73. The number of para-hydroxylation sites is 1. The highest BCUT2D eigenvalue weighted by Gasteiger charge is 2.29. The molecule has 0 spiro atoms. The Hall–Kier alpha value is -1.69. The van der Waals surface area contributed by atoms with Crippen molar-refractivity contribution < 1.29 is 9.59 Å². The number of carbonyl (C=O) groups excluding carboxylic acids is 2. The minimum absolute atomic E-state index is 0.0272. The Morgan fingerprint density at radius 1 is 1.21 bits per heavy atom. The molecule has 0 aromatic heterocycles. The first-order valence-corrected chi connectivity index (χ1v) is 9.80. The third-order valence-electron chi connectivity index (χ3n) is 4.54. The van der Waals surface area contributed by atoms with Crippen molar-refractivity contribution in [3.8, 4) is 0 Å². The van der Waals surface area contributed by atoms with Gasteiger partial charge in [0.1, 0.15) is 0 Å². The zero-order valence-corrected chi connectivity index (χ0v) is 15.6. The van der Waals surface area contributed by atoms with Crippen LogP contribution >= 0.6 is 11.8 Å². The van der Waals surface area contributed by atoms with Crippen molar-refractivity contribution in [1.82, 2.24) is 9.80 Å². The van der Waals surface area contributed by atoms with Gasteiger partial charge in [0.25, 0.3) is 0 Å². The number of thioether (sulfide) groups is 1. The fourth-order valence-electron chi connectivity index (χ4n) is 3.01. The Bertz CT molecular complexity index is 567. The van der Waals surface area contributed by atoms with Crippen LogP contribution in [-0.4, -0.2) is 54.2 Å². The van der Waals surface area contributed by atoms with E-state index < -0.39 is 0 Å². The summed E-state index contributed by atoms with van der Waals surface area (Å²) in [4.78, 5) is 29.6. The molecule has 3 amide bonds. The van der Waals surface area contributed by atoms with Crippen LogP contribution in [0.4, 0.5) is 10.5 Å². The Morgan fingerprint density at radius 3 is 2.42 bits per heavy atom. The first kappa shape index (κ1) is 18.6. The maximum Gasteiger partial charge on any atom is 0.319 e. The summed E-state index contributed by atoms with van der Waals surface area (Å²) < 4.78 is 0. The first-order valence-electron chi connectivity index (χ1n) is 8.58. The number of hydrogen-bond acceptors (Lipinski definition) is 3. The van der Waals surface area contributed by atoms with Gasteiger partial charge in [0.2, 0.25) is 5.91 Å². The van der Waals surface area contributed by atoms with Crippen LogP contribution in [0.15, 0.2) is 29.2 Å². The van der Waals surface area contributed by atoms with Gasteiger partial charge in [-0.25, -0.2) is 4.79 Å². The molecule has 0 unspecified atom stereocenters. The minimum atomic E-state index is -0.0272. The molecule has 1 aromatic carbocycles. The molecule has 6 heteroatoms. The topological polar surface area (TPSA) is 52.7 Å². The summed E-state index contributed by atoms with van der Waals surface area (Å²) >= 11 is 1.62. The highest BCUT2D eigenvalue weighted by Crippen LogP contribution is 2.26. The molecule has 24 heavy (non-hydrogen) atoms. The fourth-order valence-corrected chi connectivity index (χ4v) is 3.56. The Labute approximate surface area is 148 Å². The summed E-state index contributed by atoms with van der Waals surface area (Å²) in [6.07, 6.45) is 3.45. The zero-order valence-electron chi connectivity index (χ0n) is 14.7. The highest BCUT2D eigenvalue weighted by atomic mass is 32.2. The average molecular weight is 350 g/mol. The molecule has 132 valence electrons. The first-order chi connectivity index (χ1) is 11.6. The van der Waals surface area contributed by atoms with Crippen LogP contribution in [0, 0.1) is 5.92 Å². The number of hydrogen-bond donors (Lipinski definition) is 1. The molecule has 0 aliphatic carbocycles. The van der Waals surface area contributed by atoms with Crippen molar-refractivity contribution in [1.29, 1.82) is 0 Å². The third kappa shape index (κ3) is 4.44. The van der Waals surface area contributed by atoms with Crippen molar-refractivity contribution in [3.05, 3.63) is 24.3 Å². The molecule has 1 aliphatic heterocycles. The number of carbonyl (C=O) groups is 2. The lowest BCUT2D eigenvalue weighted by atomic mass is 9.96. The van der Waals surface area contributed by atoms with E-state index in [9.17, 15) is 9.59 Å². The maximum absolute atomic E-state index is 12.5. The number of likely N-dealkylation sites (tertiary alicyclic amines) is 1. The van der Waals surface area contributed by atoms with E-state index in [0.29, 0.717) is 13.1 Å². The van der Waals surface area contributed by atoms with E-state index in [4.69, 9.17) is 0 Å². The lowest BCUT2D eigenvalue weighted by molar-refractivity contribution is -0.121. The van der Waals surface area contributed by atoms with Crippen LogP contribution < -0.4 is 5.32 Å². The molecular formula is C18H27N3O2S. The van der Waals surface area contributed by atoms with Crippen LogP contribution in [0.25, 0.3) is 0 Å². The van der Waals surface area contributed by atoms with E-state index in [1.807, 2.05) is 54.2 Å². The largest absolute Gasteiger partial charge is 0.325 e. The van der Waals surface area contributed by atoms with Crippen molar-refractivity contribution in [2.45, 2.75) is 31.6 Å². The normalized spacial score (nSPS) is 15.2. The molecule has 1 saturated heterocycles. The van der Waals surface area contributed by atoms with Gasteiger partial charge in [-0.15, -0.1) is 11.8 Å². The number of piperidine rings is 1. The minimum Gasteiger partial charge on any atom is -0.325 e. The highest BCUT2D eigenvalue weighted by molar-refractivity contribution is 7.98. The van der Waals surface area contributed by atoms with Crippen molar-refractivity contribution in [2.24, 2.45) is 5.92 Å². The molecular weight excluding hydrogens is 322 g/mol. The van der Waals surface area contributed by atoms with Crippen LogP contribution in [0.3, 0.4) is 0 Å². The zero-order chi connectivity index (χ0) is 17.5. The number of anilines is 1. The van der Waals surface area contributed by atoms with E-state index in [2.05, 4.69) is 5.32 Å². The van der Waals surface area contributed by atoms with Crippen LogP contribution in [0.5, 0.6) is 0 Å². The van der Waals surface area contributed by atoms with Gasteiger partial charge in [0.15, 0.2) is 0 Å². The van der Waals surface area contributed by atoms with Gasteiger partial charge in [-0.05, 0) is 45.1 Å². The second kappa shape index (κ2) is 8.97. The summed E-state index contributed by atoms with van der Waals surface area (Å²) in [5.41, 5.74) is 0.872. The Kier molecular flexibility index (Phi) is 6.97. The number of urea groups is 1. The second-order valence-electron chi connectivity index (χ2n) is 5.91. The molecule has 0 atom stereocenters. The predicted molar refractivity (Wildman–Crippen MR) is 99.5 cm³/mol. The van der Waals surface area contributed by atoms with Crippen LogP contribution in [0.1, 0.15) is 26.7 Å². The van der Waals surface area contributed by atoms with Gasteiger partial charge < -0.3 is 15.1 Å². The molecule has 1 N–H and O–H groups in total. The molecule has 0 radical (unpaired) electrons. The van der Waals surface area contributed by atoms with Crippen molar-refractivity contribution in [2.75, 3.05) is 37.8 Å². The van der Waals surface area contributed by atoms with Gasteiger partial charge in [-0.1, -0.05) is 12.1 Å². The quantitative estimate of drug-likeness (QED) is 0.828. The number of nitrogens with one attached hydrogen (secondary N) is 1. The predicted octanol–water partition coefficient (Wildman–Crippen LogP) is 3.52. The number of rotatable bonds is 5. The van der Waals surface area contributed by atoms with Gasteiger partial charge >= 0.3 is 6.03 Å². The van der Waals surface area contributed by atoms with E-state index in [1.165, 1.54) is 0 Å². The van der Waals surface area contributed by atoms with E-state index in [-0.39, 0.29) is 17.9 Å². The molecule has 1 heterocycles. The lowest BCUT2D eigenvalue weighted by Gasteiger charge is -2.34. The maximum atomic E-state index is 12.5. The molecule has 1 aliphatic rings. The van der Waals surface area contributed by atoms with Gasteiger partial charge in [-0.3, -0.25) is 4.79 Å². The standard InChI is InChI=1S/C18H27N3O2S/c1-4-20(5-2)18(23)21-12-10-14(11-13-21)17(22)19-15-8-6-7-9-16(15)24-3/h6-9,14H,4-5,10-13H2,1-3H3,(H,19,22). The van der Waals surface area contributed by atoms with E-state index in [1.54, 1.807) is 11.8 Å². The van der Waals surface area contributed by atoms with E-state index in [0.717, 1.165) is 36.5 Å². The smallest absolute Gasteiger partial charge is 0.319 e. The number of benzene rings is 1. The van der Waals surface area contributed by atoms with Crippen LogP contribution in [0.2, 0.25) is 0 Å². The summed E-state index contributed by atoms with van der Waals surface area (Å²) in [5, 5.41) is 3.05. The molecule has 5 nitrogen and oxygen atoms in total. The molecule has 0 bridgehead atoms. The molecule has 1 fully saturated rings. The van der Waals surface area contributed by atoms with Gasteiger partial charge in [0, 0.05) is 37.0 Å². The number of amides is 3.